The van der Waals surface area contributed by atoms with Gasteiger partial charge < -0.3 is 70.9 Å². The molecule has 0 spiro atoms. The Morgan fingerprint density at radius 3 is 1.88 bits per heavy atom. The number of hydrogen-bond acceptors (Lipinski definition) is 14. The third-order valence-electron chi connectivity index (χ3n) is 8.68. The summed E-state index contributed by atoms with van der Waals surface area (Å²) in [4.78, 5) is 47.6. The molecule has 2 aliphatic heterocycles. The first-order valence-corrected chi connectivity index (χ1v) is 16.4. The average molecular weight is 693 g/mol. The van der Waals surface area contributed by atoms with Gasteiger partial charge in [0.2, 0.25) is 23.6 Å². The van der Waals surface area contributed by atoms with Crippen molar-refractivity contribution in [1.82, 2.24) is 21.3 Å². The Hall–Kier alpha value is -2.52. The average Bonchev–Trinajstić information content (AvgIpc) is 3.63. The lowest BCUT2D eigenvalue weighted by Gasteiger charge is -2.37. The minimum atomic E-state index is -1.65. The number of rotatable bonds is 19. The maximum atomic E-state index is 12.2. The smallest absolute Gasteiger partial charge is 0.220 e. The fourth-order valence-electron chi connectivity index (χ4n) is 6.10. The molecule has 0 aromatic rings. The lowest BCUT2D eigenvalue weighted by Crippen LogP contribution is -2.57. The Kier molecular flexibility index (Phi) is 15.8. The number of ether oxygens (including phenoxy) is 4. The topological polar surface area (TPSA) is 275 Å². The van der Waals surface area contributed by atoms with Crippen LogP contribution in [0.5, 0.6) is 0 Å². The standard InChI is InChI=1S/C30H52N4O14/c1-16(37)33-18-13-19(39)26(42)20(14-35)47-28(18)45-11-5-3-7-22(40)31-9-10-32-23(41)8-4-6-12-46-29-25(34-17(2)38)24-27(43)30(24,44)21(15-36)48-29/h18-21,24-29,35-36,39,42-44H,3-15H2,1-2H3,(H,31,40)(H,32,41)(H,33,37)(H,34,38)/t18?,19?,20?,21?,24?,25?,26-,27?,28-,29-,30?/m1/s1. The summed E-state index contributed by atoms with van der Waals surface area (Å²) >= 11 is 0. The second-order valence-corrected chi connectivity index (χ2v) is 12.4. The van der Waals surface area contributed by atoms with Gasteiger partial charge in [-0.05, 0) is 25.7 Å². The number of nitrogens with one attached hydrogen (secondary N) is 4. The summed E-state index contributed by atoms with van der Waals surface area (Å²) in [5.41, 5.74) is -1.65. The Morgan fingerprint density at radius 2 is 1.35 bits per heavy atom. The second-order valence-electron chi connectivity index (χ2n) is 12.4. The Labute approximate surface area is 278 Å². The summed E-state index contributed by atoms with van der Waals surface area (Å²) in [6.45, 7) is 2.33. The number of unbranched alkanes of at least 4 members (excludes halogenated alkanes) is 2. The monoisotopic (exact) mass is 692 g/mol. The first-order chi connectivity index (χ1) is 22.8. The first-order valence-electron chi connectivity index (χ1n) is 16.4. The van der Waals surface area contributed by atoms with Crippen molar-refractivity contribution in [1.29, 1.82) is 0 Å². The van der Waals surface area contributed by atoms with Crippen LogP contribution < -0.4 is 21.3 Å². The number of aliphatic hydroxyl groups excluding tert-OH is 5. The van der Waals surface area contributed by atoms with Gasteiger partial charge in [-0.3, -0.25) is 19.2 Å². The molecule has 1 aliphatic carbocycles. The predicted octanol–water partition coefficient (Wildman–Crippen LogP) is -4.13. The van der Waals surface area contributed by atoms with E-state index in [1.54, 1.807) is 0 Å². The summed E-state index contributed by atoms with van der Waals surface area (Å²) < 4.78 is 22.7. The minimum absolute atomic E-state index is 0.0293. The number of carbonyl (C=O) groups excluding carboxylic acids is 4. The zero-order chi connectivity index (χ0) is 35.4. The first kappa shape index (κ1) is 39.9. The molecular weight excluding hydrogens is 640 g/mol. The van der Waals surface area contributed by atoms with E-state index in [0.717, 1.165) is 0 Å². The van der Waals surface area contributed by atoms with Gasteiger partial charge in [-0.1, -0.05) is 0 Å². The van der Waals surface area contributed by atoms with Crippen LogP contribution >= 0.6 is 0 Å². The highest BCUT2D eigenvalue weighted by atomic mass is 16.7. The van der Waals surface area contributed by atoms with E-state index in [9.17, 15) is 49.8 Å². The Morgan fingerprint density at radius 1 is 0.792 bits per heavy atom. The predicted molar refractivity (Wildman–Crippen MR) is 163 cm³/mol. The third-order valence-corrected chi connectivity index (χ3v) is 8.68. The number of carbonyl (C=O) groups is 4. The number of fused-ring (bicyclic) bond motifs is 1. The molecule has 11 atom stereocenters. The molecule has 0 aromatic heterocycles. The highest BCUT2D eigenvalue weighted by Crippen LogP contribution is 2.54. The Balaban J connectivity index is 1.23. The molecule has 3 rings (SSSR count). The maximum absolute atomic E-state index is 12.2. The zero-order valence-electron chi connectivity index (χ0n) is 27.4. The Bertz CT molecular complexity index is 1040. The van der Waals surface area contributed by atoms with E-state index in [2.05, 4.69) is 21.3 Å². The molecule has 3 fully saturated rings. The van der Waals surface area contributed by atoms with E-state index >= 15 is 0 Å². The van der Waals surface area contributed by atoms with Gasteiger partial charge in [0, 0.05) is 65.3 Å². The van der Waals surface area contributed by atoms with Crippen LogP contribution in [0, 0.1) is 5.92 Å². The molecule has 2 heterocycles. The van der Waals surface area contributed by atoms with Gasteiger partial charge in [0.25, 0.3) is 0 Å². The molecule has 0 bridgehead atoms. The normalized spacial score (nSPS) is 34.3. The largest absolute Gasteiger partial charge is 0.394 e. The molecule has 3 aliphatic rings. The molecule has 276 valence electrons. The van der Waals surface area contributed by atoms with Gasteiger partial charge in [-0.15, -0.1) is 0 Å². The molecule has 48 heavy (non-hydrogen) atoms. The lowest BCUT2D eigenvalue weighted by molar-refractivity contribution is -0.246. The van der Waals surface area contributed by atoms with Gasteiger partial charge in [-0.2, -0.15) is 0 Å². The van der Waals surface area contributed by atoms with Crippen LogP contribution in [0.15, 0.2) is 0 Å². The van der Waals surface area contributed by atoms with Gasteiger partial charge in [-0.25, -0.2) is 0 Å². The van der Waals surface area contributed by atoms with Crippen molar-refractivity contribution in [2.45, 2.75) is 120 Å². The summed E-state index contributed by atoms with van der Waals surface area (Å²) in [6.07, 6.45) is -5.57. The number of amides is 4. The van der Waals surface area contributed by atoms with Gasteiger partial charge in [0.05, 0.1) is 37.5 Å². The van der Waals surface area contributed by atoms with E-state index in [1.807, 2.05) is 0 Å². The molecular formula is C30H52N4O14. The van der Waals surface area contributed by atoms with Crippen molar-refractivity contribution in [3.8, 4) is 0 Å². The summed E-state index contributed by atoms with van der Waals surface area (Å²) in [5, 5.41) is 70.8. The van der Waals surface area contributed by atoms with Crippen molar-refractivity contribution in [2.24, 2.45) is 5.92 Å². The molecule has 4 amide bonds. The van der Waals surface area contributed by atoms with E-state index in [-0.39, 0.29) is 69.2 Å². The van der Waals surface area contributed by atoms with Crippen LogP contribution in [0.4, 0.5) is 0 Å². The van der Waals surface area contributed by atoms with Crippen molar-refractivity contribution >= 4 is 23.6 Å². The molecule has 18 nitrogen and oxygen atoms in total. The van der Waals surface area contributed by atoms with Crippen LogP contribution in [0.25, 0.3) is 0 Å². The van der Waals surface area contributed by atoms with Crippen LogP contribution in [0.2, 0.25) is 0 Å². The maximum Gasteiger partial charge on any atom is 0.220 e. The SMILES string of the molecule is CC(=O)NC1CC(O)[C@@H](O)C(CO)O[C@H]1OCCCCC(=O)NCCNC(=O)CCCCO[C@@H]1OC(CO)C2(O)C(O)C2C1NC(C)=O. The molecule has 10 N–H and O–H groups in total. The van der Waals surface area contributed by atoms with Gasteiger partial charge in [0.15, 0.2) is 12.6 Å². The summed E-state index contributed by atoms with van der Waals surface area (Å²) in [5.74, 6) is -1.91. The molecule has 18 heteroatoms. The lowest BCUT2D eigenvalue weighted by atomic mass is 10.0. The fourth-order valence-corrected chi connectivity index (χ4v) is 6.10. The molecule has 1 saturated carbocycles. The fraction of sp³-hybridized carbons (Fsp3) is 0.867. The third kappa shape index (κ3) is 11.0. The van der Waals surface area contributed by atoms with Crippen LogP contribution in [-0.4, -0.2) is 155 Å². The van der Waals surface area contributed by atoms with E-state index in [0.29, 0.717) is 25.7 Å². The molecule has 8 unspecified atom stereocenters. The quantitative estimate of drug-likeness (QED) is 0.0576. The van der Waals surface area contributed by atoms with Crippen LogP contribution in [-0.2, 0) is 38.1 Å². The number of aliphatic hydroxyl groups is 6. The van der Waals surface area contributed by atoms with Gasteiger partial charge in [0.1, 0.15) is 23.9 Å². The minimum Gasteiger partial charge on any atom is -0.394 e. The number of hydrogen-bond donors (Lipinski definition) is 10. The van der Waals surface area contributed by atoms with E-state index in [4.69, 9.17) is 18.9 Å². The second kappa shape index (κ2) is 19.0. The van der Waals surface area contributed by atoms with Crippen LogP contribution in [0.3, 0.4) is 0 Å². The highest BCUT2D eigenvalue weighted by Gasteiger charge is 2.75. The van der Waals surface area contributed by atoms with Gasteiger partial charge >= 0.3 is 0 Å². The van der Waals surface area contributed by atoms with Crippen molar-refractivity contribution in [2.75, 3.05) is 39.5 Å². The molecule has 0 aromatic carbocycles. The van der Waals surface area contributed by atoms with Crippen LogP contribution in [0.1, 0.15) is 58.8 Å². The van der Waals surface area contributed by atoms with Crippen molar-refractivity contribution in [3.63, 3.8) is 0 Å². The van der Waals surface area contributed by atoms with E-state index < -0.39 is 79.9 Å². The molecule has 2 saturated heterocycles. The summed E-state index contributed by atoms with van der Waals surface area (Å²) in [6, 6.07) is -1.54. The highest BCUT2D eigenvalue weighted by molar-refractivity contribution is 5.77. The van der Waals surface area contributed by atoms with Crippen molar-refractivity contribution in [3.05, 3.63) is 0 Å². The molecule has 0 radical (unpaired) electrons. The van der Waals surface area contributed by atoms with E-state index in [1.165, 1.54) is 13.8 Å². The van der Waals surface area contributed by atoms with Crippen molar-refractivity contribution < 1.29 is 68.8 Å². The zero-order valence-corrected chi connectivity index (χ0v) is 27.4. The summed E-state index contributed by atoms with van der Waals surface area (Å²) in [7, 11) is 0.